The molecule has 6 rings (SSSR count). The average molecular weight is 497 g/mol. The van der Waals surface area contributed by atoms with Gasteiger partial charge in [0, 0.05) is 42.3 Å². The van der Waals surface area contributed by atoms with Gasteiger partial charge in [-0.3, -0.25) is 15.0 Å². The van der Waals surface area contributed by atoms with Crippen molar-refractivity contribution in [2.45, 2.75) is 25.8 Å². The zero-order valence-corrected chi connectivity index (χ0v) is 20.4. The largest absolute Gasteiger partial charge is 0.342 e. The third-order valence-electron chi connectivity index (χ3n) is 6.57. The average Bonchev–Trinajstić information content (AvgIpc) is 3.63. The molecule has 3 aliphatic heterocycles. The molecule has 3 aromatic rings. The maximum atomic E-state index is 13.0. The van der Waals surface area contributed by atoms with Gasteiger partial charge in [-0.25, -0.2) is 0 Å². The van der Waals surface area contributed by atoms with E-state index < -0.39 is 5.91 Å². The van der Waals surface area contributed by atoms with Crippen LogP contribution >= 0.6 is 11.8 Å². The van der Waals surface area contributed by atoms with E-state index in [1.807, 2.05) is 47.5 Å². The molecule has 0 unspecified atom stereocenters. The fourth-order valence-corrected chi connectivity index (χ4v) is 5.64. The quantitative estimate of drug-likeness (QED) is 0.532. The van der Waals surface area contributed by atoms with Crippen molar-refractivity contribution in [3.63, 3.8) is 0 Å². The second-order valence-electron chi connectivity index (χ2n) is 8.99. The summed E-state index contributed by atoms with van der Waals surface area (Å²) in [6.45, 7) is 2.25. The Bertz CT molecular complexity index is 1480. The standard InChI is InChI=1S/C27H24N6O2S/c28-25-21(26(35)29-27-33(25)30-23(36-27)15-24(34)31-12-6-7-13-31)14-19-17-32(16-18-8-2-1-3-9-18)22-11-5-4-10-20(19)22/h1-5,8-11,14,17,28H,6-7,12-13,15-16H2/b21-14-,28-25?. The summed E-state index contributed by atoms with van der Waals surface area (Å²) in [6, 6.07) is 18.2. The van der Waals surface area contributed by atoms with Crippen LogP contribution in [0.2, 0.25) is 0 Å². The monoisotopic (exact) mass is 496 g/mol. The summed E-state index contributed by atoms with van der Waals surface area (Å²) in [5, 5.41) is 16.4. The minimum atomic E-state index is -0.471. The molecule has 0 radical (unpaired) electrons. The van der Waals surface area contributed by atoms with Crippen LogP contribution in [0.15, 0.2) is 76.5 Å². The number of carbonyl (C=O) groups is 2. The molecule has 0 aliphatic carbocycles. The number of hydrogen-bond donors (Lipinski definition) is 1. The lowest BCUT2D eigenvalue weighted by atomic mass is 10.1. The van der Waals surface area contributed by atoms with E-state index in [-0.39, 0.29) is 23.7 Å². The Morgan fingerprint density at radius 3 is 2.61 bits per heavy atom. The van der Waals surface area contributed by atoms with Gasteiger partial charge in [0.1, 0.15) is 5.04 Å². The highest BCUT2D eigenvalue weighted by Crippen LogP contribution is 2.31. The van der Waals surface area contributed by atoms with Gasteiger partial charge < -0.3 is 9.47 Å². The first-order valence-corrected chi connectivity index (χ1v) is 12.8. The number of nitrogens with one attached hydrogen (secondary N) is 1. The predicted molar refractivity (Wildman–Crippen MR) is 143 cm³/mol. The number of benzene rings is 2. The molecule has 0 saturated carbocycles. The SMILES string of the molecule is N=C1/C(=C/c2cn(Cc3ccccc3)c3ccccc23)C(=O)N=C2SC(CC(=O)N3CCCC3)=NN12. The van der Waals surface area contributed by atoms with E-state index in [9.17, 15) is 9.59 Å². The number of para-hydroxylation sites is 1. The van der Waals surface area contributed by atoms with Gasteiger partial charge in [0.2, 0.25) is 11.1 Å². The first-order valence-electron chi connectivity index (χ1n) is 12.0. The molecule has 0 bridgehead atoms. The molecule has 9 heteroatoms. The van der Waals surface area contributed by atoms with Gasteiger partial charge in [0.25, 0.3) is 5.91 Å². The zero-order valence-electron chi connectivity index (χ0n) is 19.6. The molecule has 4 heterocycles. The predicted octanol–water partition coefficient (Wildman–Crippen LogP) is 4.32. The first-order chi connectivity index (χ1) is 17.6. The van der Waals surface area contributed by atoms with Crippen molar-refractivity contribution in [1.29, 1.82) is 5.41 Å². The zero-order chi connectivity index (χ0) is 24.6. The second-order valence-corrected chi connectivity index (χ2v) is 10.0. The Morgan fingerprint density at radius 2 is 1.81 bits per heavy atom. The van der Waals surface area contributed by atoms with E-state index >= 15 is 0 Å². The number of likely N-dealkylation sites (tertiary alicyclic amines) is 1. The fourth-order valence-electron chi connectivity index (χ4n) is 4.77. The summed E-state index contributed by atoms with van der Waals surface area (Å²) in [7, 11) is 0. The van der Waals surface area contributed by atoms with Crippen LogP contribution in [0.3, 0.4) is 0 Å². The molecule has 8 nitrogen and oxygen atoms in total. The van der Waals surface area contributed by atoms with Gasteiger partial charge in [-0.2, -0.15) is 15.1 Å². The van der Waals surface area contributed by atoms with Crippen molar-refractivity contribution in [3.8, 4) is 0 Å². The number of nitrogens with zero attached hydrogens (tertiary/aromatic N) is 5. The minimum absolute atomic E-state index is 0.0268. The summed E-state index contributed by atoms with van der Waals surface area (Å²) >= 11 is 1.19. The van der Waals surface area contributed by atoms with Gasteiger partial charge in [-0.1, -0.05) is 48.5 Å². The van der Waals surface area contributed by atoms with Crippen LogP contribution in [0.5, 0.6) is 0 Å². The van der Waals surface area contributed by atoms with Gasteiger partial charge in [0.15, 0.2) is 5.84 Å². The first kappa shape index (κ1) is 22.5. The third kappa shape index (κ3) is 4.15. The van der Waals surface area contributed by atoms with Gasteiger partial charge in [-0.05, 0) is 42.3 Å². The number of rotatable bonds is 5. The fraction of sp³-hybridized carbons (Fsp3) is 0.222. The number of hydrogen-bond acceptors (Lipinski definition) is 5. The summed E-state index contributed by atoms with van der Waals surface area (Å²) < 4.78 is 2.15. The Hall–Kier alpha value is -3.98. The molecular weight excluding hydrogens is 472 g/mol. The molecule has 1 N–H and O–H groups in total. The topological polar surface area (TPSA) is 94.1 Å². The molecule has 2 aromatic carbocycles. The lowest BCUT2D eigenvalue weighted by Gasteiger charge is -2.20. The second kappa shape index (κ2) is 9.23. The molecule has 3 aliphatic rings. The number of amidine groups is 2. The van der Waals surface area contributed by atoms with Crippen molar-refractivity contribution in [3.05, 3.63) is 77.5 Å². The molecule has 0 atom stereocenters. The molecule has 180 valence electrons. The molecular formula is C27H24N6O2S. The van der Waals surface area contributed by atoms with Gasteiger partial charge in [-0.15, -0.1) is 0 Å². The number of thioether (sulfide) groups is 1. The van der Waals surface area contributed by atoms with Crippen LogP contribution in [-0.2, 0) is 16.1 Å². The van der Waals surface area contributed by atoms with E-state index in [0.717, 1.165) is 42.4 Å². The third-order valence-corrected chi connectivity index (χ3v) is 7.48. The molecule has 1 aromatic heterocycles. The molecule has 0 spiro atoms. The number of hydrazone groups is 1. The van der Waals surface area contributed by atoms with Crippen molar-refractivity contribution in [2.24, 2.45) is 10.1 Å². The molecule has 2 amide bonds. The van der Waals surface area contributed by atoms with Crippen LogP contribution in [0, 0.1) is 5.41 Å². The normalized spacial score (nSPS) is 18.7. The lowest BCUT2D eigenvalue weighted by molar-refractivity contribution is -0.128. The van der Waals surface area contributed by atoms with E-state index in [0.29, 0.717) is 16.8 Å². The maximum Gasteiger partial charge on any atom is 0.283 e. The smallest absolute Gasteiger partial charge is 0.283 e. The maximum absolute atomic E-state index is 13.0. The summed E-state index contributed by atoms with van der Waals surface area (Å²) in [5.74, 6) is -0.471. The van der Waals surface area contributed by atoms with E-state index in [4.69, 9.17) is 5.41 Å². The Morgan fingerprint density at radius 1 is 1.06 bits per heavy atom. The number of amides is 2. The highest BCUT2D eigenvalue weighted by molar-refractivity contribution is 8.27. The van der Waals surface area contributed by atoms with Crippen LogP contribution < -0.4 is 0 Å². The summed E-state index contributed by atoms with van der Waals surface area (Å²) in [6.07, 6.45) is 5.95. The van der Waals surface area contributed by atoms with Crippen LogP contribution in [-0.4, -0.2) is 55.4 Å². The number of carbonyl (C=O) groups excluding carboxylic acids is 2. The number of aromatic nitrogens is 1. The van der Waals surface area contributed by atoms with Crippen LogP contribution in [0.4, 0.5) is 0 Å². The number of fused-ring (bicyclic) bond motifs is 2. The van der Waals surface area contributed by atoms with Crippen molar-refractivity contribution in [2.75, 3.05) is 13.1 Å². The summed E-state index contributed by atoms with van der Waals surface area (Å²) in [4.78, 5) is 31.5. The van der Waals surface area contributed by atoms with E-state index in [1.165, 1.54) is 22.3 Å². The highest BCUT2D eigenvalue weighted by Gasteiger charge is 2.36. The lowest BCUT2D eigenvalue weighted by Crippen LogP contribution is -2.35. The van der Waals surface area contributed by atoms with E-state index in [1.54, 1.807) is 6.08 Å². The summed E-state index contributed by atoms with van der Waals surface area (Å²) in [5.41, 5.74) is 3.24. The molecule has 36 heavy (non-hydrogen) atoms. The van der Waals surface area contributed by atoms with Crippen LogP contribution in [0.25, 0.3) is 17.0 Å². The molecule has 1 saturated heterocycles. The molecule has 1 fully saturated rings. The Balaban J connectivity index is 1.29. The minimum Gasteiger partial charge on any atom is -0.342 e. The van der Waals surface area contributed by atoms with Crippen molar-refractivity contribution >= 4 is 56.6 Å². The van der Waals surface area contributed by atoms with E-state index in [2.05, 4.69) is 32.9 Å². The Kier molecular flexibility index (Phi) is 5.77. The van der Waals surface area contributed by atoms with Crippen LogP contribution in [0.1, 0.15) is 30.4 Å². The highest BCUT2D eigenvalue weighted by atomic mass is 32.2. The number of aliphatic imine (C=N–C) groups is 1. The van der Waals surface area contributed by atoms with Gasteiger partial charge >= 0.3 is 0 Å². The van der Waals surface area contributed by atoms with Crippen molar-refractivity contribution in [1.82, 2.24) is 14.5 Å². The Labute approximate surface area is 212 Å². The van der Waals surface area contributed by atoms with Crippen molar-refractivity contribution < 1.29 is 9.59 Å². The van der Waals surface area contributed by atoms with Gasteiger partial charge in [0.05, 0.1) is 12.0 Å².